The van der Waals surface area contributed by atoms with Crippen molar-refractivity contribution in [2.45, 2.75) is 39.7 Å². The highest BCUT2D eigenvalue weighted by Crippen LogP contribution is 2.10. The van der Waals surface area contributed by atoms with Gasteiger partial charge in [0.1, 0.15) is 12.0 Å². The highest BCUT2D eigenvalue weighted by molar-refractivity contribution is 5.81. The molecule has 0 spiro atoms. The van der Waals surface area contributed by atoms with Gasteiger partial charge in [0.2, 0.25) is 0 Å². The van der Waals surface area contributed by atoms with E-state index >= 15 is 0 Å². The van der Waals surface area contributed by atoms with Crippen LogP contribution in [0.4, 0.5) is 0 Å². The zero-order valence-corrected chi connectivity index (χ0v) is 10.9. The quantitative estimate of drug-likeness (QED) is 0.689. The molecule has 17 heavy (non-hydrogen) atoms. The Morgan fingerprint density at radius 1 is 1.41 bits per heavy atom. The van der Waals surface area contributed by atoms with E-state index in [0.29, 0.717) is 0 Å². The van der Waals surface area contributed by atoms with Crippen LogP contribution in [0.25, 0.3) is 0 Å². The summed E-state index contributed by atoms with van der Waals surface area (Å²) in [6, 6.07) is -0.914. The van der Waals surface area contributed by atoms with E-state index in [4.69, 9.17) is 5.11 Å². The molecule has 5 nitrogen and oxygen atoms in total. The van der Waals surface area contributed by atoms with E-state index in [-0.39, 0.29) is 18.1 Å². The minimum Gasteiger partial charge on any atom is -0.480 e. The van der Waals surface area contributed by atoms with E-state index in [2.05, 4.69) is 5.32 Å². The van der Waals surface area contributed by atoms with Gasteiger partial charge < -0.3 is 10.4 Å². The molecule has 0 heterocycles. The van der Waals surface area contributed by atoms with Gasteiger partial charge in [-0.25, -0.2) is 9.90 Å². The second kappa shape index (κ2) is 11.3. The van der Waals surface area contributed by atoms with Crippen molar-refractivity contribution in [3.63, 3.8) is 0 Å². The van der Waals surface area contributed by atoms with E-state index in [1.807, 2.05) is 6.92 Å². The summed E-state index contributed by atoms with van der Waals surface area (Å²) in [5.41, 5.74) is 0.241. The van der Waals surface area contributed by atoms with Gasteiger partial charge in [-0.1, -0.05) is 27.2 Å². The maximum absolute atomic E-state index is 10.6. The first-order valence-corrected chi connectivity index (χ1v) is 5.69. The molecule has 0 aliphatic heterocycles. The van der Waals surface area contributed by atoms with Crippen LogP contribution in [-0.2, 0) is 14.7 Å². The average Bonchev–Trinajstić information content (AvgIpc) is 2.26. The van der Waals surface area contributed by atoms with Gasteiger partial charge in [-0.2, -0.15) is 0 Å². The first-order valence-electron chi connectivity index (χ1n) is 5.69. The lowest BCUT2D eigenvalue weighted by atomic mass is 9.97. The number of nitrogens with one attached hydrogen (secondary N) is 1. The van der Waals surface area contributed by atoms with E-state index in [9.17, 15) is 14.7 Å². The Morgan fingerprint density at radius 3 is 2.00 bits per heavy atom. The number of unbranched alkanes of at least 4 members (excludes halogenated alkanes) is 1. The van der Waals surface area contributed by atoms with Gasteiger partial charge in [-0.05, 0) is 19.4 Å². The van der Waals surface area contributed by atoms with Gasteiger partial charge in [0.25, 0.3) is 0 Å². The number of likely N-dealkylation sites (N-methyl/N-ethyl adjacent to an activating group) is 1. The average molecular weight is 244 g/mol. The minimum absolute atomic E-state index is 0.0938. The minimum atomic E-state index is -1.05. The summed E-state index contributed by atoms with van der Waals surface area (Å²) < 4.78 is 0. The largest absolute Gasteiger partial charge is 0.480 e. The molecule has 2 N–H and O–H groups in total. The van der Waals surface area contributed by atoms with Crippen molar-refractivity contribution >= 4 is 11.9 Å². The van der Waals surface area contributed by atoms with Crippen molar-refractivity contribution < 1.29 is 19.8 Å². The number of carbonyl (C=O) groups excluding carboxylic acids is 1. The summed E-state index contributed by atoms with van der Waals surface area (Å²) in [5.74, 6) is 0.505. The maximum Gasteiger partial charge on any atom is 0.325 e. The number of rotatable bonds is 6. The topological polar surface area (TPSA) is 86.3 Å². The van der Waals surface area contributed by atoms with Crippen LogP contribution in [0.5, 0.6) is 0 Å². The van der Waals surface area contributed by atoms with Gasteiger partial charge in [0.05, 0.1) is 6.61 Å². The molecule has 0 saturated heterocycles. The first kappa shape index (κ1) is 18.2. The predicted octanol–water partition coefficient (Wildman–Crippen LogP) is 1.29. The molecule has 0 aromatic rings. The zero-order chi connectivity index (χ0) is 13.8. The lowest BCUT2D eigenvalue weighted by molar-refractivity contribution is -0.138. The van der Waals surface area contributed by atoms with Crippen molar-refractivity contribution in [1.82, 2.24) is 5.32 Å². The van der Waals surface area contributed by atoms with Gasteiger partial charge in [-0.15, -0.1) is 0 Å². The van der Waals surface area contributed by atoms with Crippen LogP contribution in [0, 0.1) is 5.92 Å². The zero-order valence-electron chi connectivity index (χ0n) is 10.9. The Morgan fingerprint density at radius 2 is 1.94 bits per heavy atom. The van der Waals surface area contributed by atoms with E-state index in [0.717, 1.165) is 12.8 Å². The van der Waals surface area contributed by atoms with Crippen LogP contribution < -0.4 is 5.32 Å². The lowest BCUT2D eigenvalue weighted by Crippen LogP contribution is -2.37. The van der Waals surface area contributed by atoms with Crippen LogP contribution >= 0.6 is 0 Å². The maximum atomic E-state index is 10.6. The van der Waals surface area contributed by atoms with Gasteiger partial charge in [0, 0.05) is 5.57 Å². The van der Waals surface area contributed by atoms with Gasteiger partial charge in [-0.3, -0.25) is 4.79 Å². The summed E-state index contributed by atoms with van der Waals surface area (Å²) in [7, 11) is 1.50. The van der Waals surface area contributed by atoms with Crippen molar-refractivity contribution in [3.8, 4) is 0 Å². The van der Waals surface area contributed by atoms with E-state index < -0.39 is 12.0 Å². The molecular formula is C12H22NO4. The molecule has 1 radical (unpaired) electrons. The third-order valence-electron chi connectivity index (χ3n) is 2.08. The van der Waals surface area contributed by atoms with E-state index in [1.54, 1.807) is 19.8 Å². The highest BCUT2D eigenvalue weighted by Gasteiger charge is 2.23. The van der Waals surface area contributed by atoms with Crippen LogP contribution in [0.2, 0.25) is 0 Å². The summed E-state index contributed by atoms with van der Waals surface area (Å²) in [6.45, 7) is 5.62. The normalized spacial score (nSPS) is 11.2. The van der Waals surface area contributed by atoms with Crippen molar-refractivity contribution in [1.29, 1.82) is 0 Å². The highest BCUT2D eigenvalue weighted by atomic mass is 16.4. The molecule has 1 unspecified atom stereocenters. The Bertz CT molecular complexity index is 255. The van der Waals surface area contributed by atoms with E-state index in [1.165, 1.54) is 7.05 Å². The fraction of sp³-hybridized carbons (Fsp3) is 0.750. The molecule has 0 fully saturated rings. The fourth-order valence-corrected chi connectivity index (χ4v) is 1.07. The number of aliphatic carboxylic acids is 1. The molecule has 0 amide bonds. The molecule has 0 saturated carbocycles. The molecule has 1 atom stereocenters. The third-order valence-corrected chi connectivity index (χ3v) is 2.08. The number of carboxylic acid groups (broad SMARTS) is 1. The fourth-order valence-electron chi connectivity index (χ4n) is 1.07. The van der Waals surface area contributed by atoms with Crippen molar-refractivity contribution in [3.05, 3.63) is 5.57 Å². The molecule has 0 bridgehead atoms. The molecule has 0 rings (SSSR count). The standard InChI is InChI=1S/C8H13NO3.C4H9O/c1-5(2)6(4-10)7(9-3)8(11)12;1-2-3-4-5/h5,7,9H,1-3H3,(H,11,12);2-4H2,1H3. The summed E-state index contributed by atoms with van der Waals surface area (Å²) in [4.78, 5) is 21.0. The molecule has 0 aliphatic carbocycles. The number of hydrogen-bond donors (Lipinski definition) is 2. The molecule has 99 valence electrons. The van der Waals surface area contributed by atoms with Gasteiger partial charge in [0.15, 0.2) is 0 Å². The smallest absolute Gasteiger partial charge is 0.325 e. The summed E-state index contributed by atoms with van der Waals surface area (Å²) in [5, 5.41) is 20.7. The Kier molecular flexibility index (Phi) is 12.1. The molecule has 5 heteroatoms. The van der Waals surface area contributed by atoms with Crippen LogP contribution in [0.1, 0.15) is 33.6 Å². The number of carboxylic acids is 1. The van der Waals surface area contributed by atoms with Crippen molar-refractivity contribution in [2.24, 2.45) is 5.92 Å². The lowest BCUT2D eigenvalue weighted by Gasteiger charge is -2.14. The Labute approximate surface area is 103 Å². The SMILES string of the molecule is CCCC[O].CNC(C(=O)O)C(=C=O)C(C)C. The monoisotopic (exact) mass is 244 g/mol. The Balaban J connectivity index is 0. The molecule has 0 aromatic carbocycles. The second-order valence-corrected chi connectivity index (χ2v) is 3.83. The van der Waals surface area contributed by atoms with Gasteiger partial charge >= 0.3 is 5.97 Å². The molecule has 0 aromatic heterocycles. The number of carbonyl (C=O) groups is 1. The van der Waals surface area contributed by atoms with Crippen LogP contribution in [-0.4, -0.2) is 36.7 Å². The summed E-state index contributed by atoms with van der Waals surface area (Å²) in [6.07, 6.45) is 1.86. The molecular weight excluding hydrogens is 222 g/mol. The summed E-state index contributed by atoms with van der Waals surface area (Å²) >= 11 is 0. The van der Waals surface area contributed by atoms with Crippen LogP contribution in [0.3, 0.4) is 0 Å². The first-order chi connectivity index (χ1) is 7.95. The molecule has 0 aliphatic rings. The van der Waals surface area contributed by atoms with Crippen molar-refractivity contribution in [2.75, 3.05) is 13.7 Å². The second-order valence-electron chi connectivity index (χ2n) is 3.83. The Hall–Kier alpha value is -1.16. The van der Waals surface area contributed by atoms with Crippen LogP contribution in [0.15, 0.2) is 5.57 Å². The number of hydrogen-bond acceptors (Lipinski definition) is 3. The predicted molar refractivity (Wildman–Crippen MR) is 65.0 cm³/mol. The third kappa shape index (κ3) is 8.63.